The molecule has 0 bridgehead atoms. The van der Waals surface area contributed by atoms with Crippen LogP contribution in [0.2, 0.25) is 0 Å². The van der Waals surface area contributed by atoms with Crippen LogP contribution in [-0.2, 0) is 0 Å². The summed E-state index contributed by atoms with van der Waals surface area (Å²) in [5, 5.41) is 6.95. The number of aromatic nitrogens is 3. The van der Waals surface area contributed by atoms with Gasteiger partial charge in [-0.25, -0.2) is 9.97 Å². The molecule has 0 aliphatic carbocycles. The van der Waals surface area contributed by atoms with Gasteiger partial charge in [-0.1, -0.05) is 0 Å². The highest BCUT2D eigenvalue weighted by atomic mass is 15.1. The molecule has 94 valence electrons. The molecule has 2 atom stereocenters. The average Bonchev–Trinajstić information content (AvgIpc) is 2.41. The molecule has 1 fully saturated rings. The van der Waals surface area contributed by atoms with Crippen LogP contribution in [0.5, 0.6) is 0 Å². The van der Waals surface area contributed by atoms with Crippen LogP contribution >= 0.6 is 0 Å². The predicted octanol–water partition coefficient (Wildman–Crippen LogP) is 1.58. The monoisotopic (exact) mass is 243 g/mol. The molecule has 1 saturated heterocycles. The lowest BCUT2D eigenvalue weighted by molar-refractivity contribution is 0.389. The largest absolute Gasteiger partial charge is 0.366 e. The number of fused-ring (bicyclic) bond motifs is 1. The maximum atomic E-state index is 4.49. The van der Waals surface area contributed by atoms with Crippen molar-refractivity contribution < 1.29 is 0 Å². The number of hydrogen-bond donors (Lipinski definition) is 2. The Labute approximate surface area is 106 Å². The van der Waals surface area contributed by atoms with E-state index in [4.69, 9.17) is 0 Å². The highest BCUT2D eigenvalue weighted by Crippen LogP contribution is 2.16. The van der Waals surface area contributed by atoms with Crippen LogP contribution in [0.3, 0.4) is 0 Å². The summed E-state index contributed by atoms with van der Waals surface area (Å²) < 4.78 is 0. The van der Waals surface area contributed by atoms with E-state index in [0.29, 0.717) is 17.7 Å². The van der Waals surface area contributed by atoms with Crippen molar-refractivity contribution in [3.8, 4) is 0 Å². The molecule has 18 heavy (non-hydrogen) atoms. The second-order valence-corrected chi connectivity index (χ2v) is 4.73. The van der Waals surface area contributed by atoms with Crippen molar-refractivity contribution >= 4 is 17.0 Å². The SMILES string of the molecule is CC1NCCCC1Nc1ccc2nccnc2n1. The van der Waals surface area contributed by atoms with Gasteiger partial charge in [-0.3, -0.25) is 4.98 Å². The quantitative estimate of drug-likeness (QED) is 0.838. The predicted molar refractivity (Wildman–Crippen MR) is 71.4 cm³/mol. The van der Waals surface area contributed by atoms with Crippen LogP contribution in [0.15, 0.2) is 24.5 Å². The minimum Gasteiger partial charge on any atom is -0.366 e. The topological polar surface area (TPSA) is 62.7 Å². The van der Waals surface area contributed by atoms with E-state index in [9.17, 15) is 0 Å². The van der Waals surface area contributed by atoms with Crippen LogP contribution in [0.25, 0.3) is 11.2 Å². The lowest BCUT2D eigenvalue weighted by Crippen LogP contribution is -2.46. The van der Waals surface area contributed by atoms with Crippen LogP contribution in [0.4, 0.5) is 5.82 Å². The van der Waals surface area contributed by atoms with E-state index >= 15 is 0 Å². The Hall–Kier alpha value is -1.75. The maximum Gasteiger partial charge on any atom is 0.180 e. The molecular weight excluding hydrogens is 226 g/mol. The third kappa shape index (κ3) is 2.26. The Morgan fingerprint density at radius 1 is 1.28 bits per heavy atom. The number of pyridine rings is 1. The normalized spacial score (nSPS) is 24.1. The van der Waals surface area contributed by atoms with Gasteiger partial charge < -0.3 is 10.6 Å². The number of nitrogens with one attached hydrogen (secondary N) is 2. The Balaban J connectivity index is 1.81. The van der Waals surface area contributed by atoms with E-state index in [1.807, 2.05) is 12.1 Å². The molecule has 0 spiro atoms. The Kier molecular flexibility index (Phi) is 3.06. The molecule has 0 aromatic carbocycles. The van der Waals surface area contributed by atoms with Crippen molar-refractivity contribution in [2.24, 2.45) is 0 Å². The summed E-state index contributed by atoms with van der Waals surface area (Å²) in [6.45, 7) is 3.31. The first-order valence-electron chi connectivity index (χ1n) is 6.40. The van der Waals surface area contributed by atoms with E-state index in [0.717, 1.165) is 17.9 Å². The number of anilines is 1. The van der Waals surface area contributed by atoms with Crippen LogP contribution < -0.4 is 10.6 Å². The summed E-state index contributed by atoms with van der Waals surface area (Å²) in [6.07, 6.45) is 5.73. The Bertz CT molecular complexity index is 542. The molecular formula is C13H17N5. The third-order valence-electron chi connectivity index (χ3n) is 3.43. The van der Waals surface area contributed by atoms with Crippen molar-refractivity contribution in [2.75, 3.05) is 11.9 Å². The number of rotatable bonds is 2. The first-order valence-corrected chi connectivity index (χ1v) is 6.40. The highest BCUT2D eigenvalue weighted by Gasteiger charge is 2.20. The molecule has 3 heterocycles. The summed E-state index contributed by atoms with van der Waals surface area (Å²) >= 11 is 0. The minimum absolute atomic E-state index is 0.431. The third-order valence-corrected chi connectivity index (χ3v) is 3.43. The fourth-order valence-electron chi connectivity index (χ4n) is 2.37. The number of piperidine rings is 1. The fourth-order valence-corrected chi connectivity index (χ4v) is 2.37. The zero-order valence-corrected chi connectivity index (χ0v) is 10.4. The molecule has 3 rings (SSSR count). The van der Waals surface area contributed by atoms with Gasteiger partial charge in [-0.05, 0) is 38.4 Å². The smallest absolute Gasteiger partial charge is 0.180 e. The fraction of sp³-hybridized carbons (Fsp3) is 0.462. The van der Waals surface area contributed by atoms with Gasteiger partial charge in [0.25, 0.3) is 0 Å². The molecule has 1 aliphatic rings. The molecule has 2 unspecified atom stereocenters. The van der Waals surface area contributed by atoms with E-state index < -0.39 is 0 Å². The van der Waals surface area contributed by atoms with Gasteiger partial charge in [0.05, 0.1) is 0 Å². The van der Waals surface area contributed by atoms with E-state index in [-0.39, 0.29) is 0 Å². The van der Waals surface area contributed by atoms with Gasteiger partial charge in [0, 0.05) is 24.5 Å². The van der Waals surface area contributed by atoms with Gasteiger partial charge >= 0.3 is 0 Å². The summed E-state index contributed by atoms with van der Waals surface area (Å²) in [4.78, 5) is 12.9. The maximum absolute atomic E-state index is 4.49. The first-order chi connectivity index (χ1) is 8.83. The Morgan fingerprint density at radius 3 is 3.06 bits per heavy atom. The molecule has 0 radical (unpaired) electrons. The average molecular weight is 243 g/mol. The van der Waals surface area contributed by atoms with E-state index in [2.05, 4.69) is 32.5 Å². The number of hydrogen-bond acceptors (Lipinski definition) is 5. The minimum atomic E-state index is 0.431. The van der Waals surface area contributed by atoms with Gasteiger partial charge in [0.2, 0.25) is 0 Å². The van der Waals surface area contributed by atoms with Crippen LogP contribution in [0, 0.1) is 0 Å². The van der Waals surface area contributed by atoms with Gasteiger partial charge in [-0.2, -0.15) is 0 Å². The zero-order chi connectivity index (χ0) is 12.4. The van der Waals surface area contributed by atoms with E-state index in [1.54, 1.807) is 12.4 Å². The number of nitrogens with zero attached hydrogens (tertiary/aromatic N) is 3. The van der Waals surface area contributed by atoms with E-state index in [1.165, 1.54) is 12.8 Å². The highest BCUT2D eigenvalue weighted by molar-refractivity contribution is 5.71. The van der Waals surface area contributed by atoms with Crippen molar-refractivity contribution in [2.45, 2.75) is 31.8 Å². The molecule has 2 aromatic heterocycles. The van der Waals surface area contributed by atoms with Gasteiger partial charge in [0.15, 0.2) is 5.65 Å². The van der Waals surface area contributed by atoms with Crippen LogP contribution in [0.1, 0.15) is 19.8 Å². The van der Waals surface area contributed by atoms with Crippen molar-refractivity contribution in [1.29, 1.82) is 0 Å². The molecule has 0 saturated carbocycles. The summed E-state index contributed by atoms with van der Waals surface area (Å²) in [5.74, 6) is 0.878. The summed E-state index contributed by atoms with van der Waals surface area (Å²) in [5.41, 5.74) is 1.52. The van der Waals surface area contributed by atoms with Gasteiger partial charge in [0.1, 0.15) is 11.3 Å². The summed E-state index contributed by atoms with van der Waals surface area (Å²) in [7, 11) is 0. The molecule has 0 amide bonds. The Morgan fingerprint density at radius 2 is 2.17 bits per heavy atom. The van der Waals surface area contributed by atoms with Crippen molar-refractivity contribution in [3.05, 3.63) is 24.5 Å². The molecule has 5 nitrogen and oxygen atoms in total. The summed E-state index contributed by atoms with van der Waals surface area (Å²) in [6, 6.07) is 4.83. The standard InChI is InChI=1S/C13H17N5/c1-9-10(3-2-6-14-9)17-12-5-4-11-13(18-12)16-8-7-15-11/h4-5,7-10,14H,2-3,6H2,1H3,(H,16,17,18). The second kappa shape index (κ2) is 4.86. The zero-order valence-electron chi connectivity index (χ0n) is 10.4. The van der Waals surface area contributed by atoms with Crippen molar-refractivity contribution in [3.63, 3.8) is 0 Å². The molecule has 2 N–H and O–H groups in total. The molecule has 2 aromatic rings. The molecule has 5 heteroatoms. The first kappa shape index (κ1) is 11.3. The second-order valence-electron chi connectivity index (χ2n) is 4.73. The van der Waals surface area contributed by atoms with Gasteiger partial charge in [-0.15, -0.1) is 0 Å². The van der Waals surface area contributed by atoms with Crippen molar-refractivity contribution in [1.82, 2.24) is 20.3 Å². The molecule has 1 aliphatic heterocycles. The lowest BCUT2D eigenvalue weighted by Gasteiger charge is -2.31. The lowest BCUT2D eigenvalue weighted by atomic mass is 10.00. The van der Waals surface area contributed by atoms with Crippen LogP contribution in [-0.4, -0.2) is 33.6 Å².